The molecule has 6 aromatic heterocycles. The Morgan fingerprint density at radius 1 is 1.08 bits per heavy atom. The second-order valence-electron chi connectivity index (χ2n) is 9.02. The molecule has 0 saturated heterocycles. The number of nitrogens with zero attached hydrogens (tertiary/aromatic N) is 5. The minimum Gasteiger partial charge on any atom is -0.335 e. The van der Waals surface area contributed by atoms with Gasteiger partial charge in [-0.1, -0.05) is 6.42 Å². The summed E-state index contributed by atoms with van der Waals surface area (Å²) in [5, 5.41) is 14.2. The summed E-state index contributed by atoms with van der Waals surface area (Å²) in [6, 6.07) is 5.65. The summed E-state index contributed by atoms with van der Waals surface area (Å²) >= 11 is 1.60. The number of thiophene rings is 1. The maximum Gasteiger partial charge on any atom is 0.227 e. The number of amides is 1. The van der Waals surface area contributed by atoms with E-state index in [-0.39, 0.29) is 28.4 Å². The van der Waals surface area contributed by atoms with Gasteiger partial charge in [0.15, 0.2) is 17.1 Å². The number of rotatable bonds is 5. The monoisotopic (exact) mass is 510 g/mol. The molecule has 7 rings (SSSR count). The Morgan fingerprint density at radius 3 is 2.81 bits per heavy atom. The molecule has 0 bridgehead atoms. The highest BCUT2D eigenvalue weighted by atomic mass is 32.1. The summed E-state index contributed by atoms with van der Waals surface area (Å²) in [7, 11) is 0. The number of imidazole rings is 1. The largest absolute Gasteiger partial charge is 0.335 e. The number of nitrogens with one attached hydrogen (secondary N) is 3. The van der Waals surface area contributed by atoms with Crippen molar-refractivity contribution in [1.29, 1.82) is 0 Å². The van der Waals surface area contributed by atoms with Crippen molar-refractivity contribution in [3.05, 3.63) is 59.6 Å². The zero-order valence-corrected chi connectivity index (χ0v) is 20.1. The van der Waals surface area contributed by atoms with E-state index in [0.29, 0.717) is 28.4 Å². The average molecular weight is 511 g/mol. The van der Waals surface area contributed by atoms with Gasteiger partial charge in [-0.05, 0) is 47.4 Å². The Hall–Kier alpha value is -4.51. The highest BCUT2D eigenvalue weighted by molar-refractivity contribution is 7.08. The topological polar surface area (TPSA) is 125 Å². The van der Waals surface area contributed by atoms with Gasteiger partial charge in [-0.25, -0.2) is 19.3 Å². The third kappa shape index (κ3) is 3.66. The molecule has 0 aliphatic heterocycles. The van der Waals surface area contributed by atoms with Crippen molar-refractivity contribution in [1.82, 2.24) is 35.1 Å². The third-order valence-electron chi connectivity index (χ3n) is 6.77. The van der Waals surface area contributed by atoms with Gasteiger partial charge in [-0.15, -0.1) is 0 Å². The minimum atomic E-state index is -0.510. The van der Waals surface area contributed by atoms with Gasteiger partial charge in [-0.2, -0.15) is 16.4 Å². The third-order valence-corrected chi connectivity index (χ3v) is 7.46. The summed E-state index contributed by atoms with van der Waals surface area (Å²) in [5.74, 6) is -0.100. The zero-order chi connectivity index (χ0) is 24.9. The molecule has 1 fully saturated rings. The number of aromatic nitrogens is 7. The first-order valence-corrected chi connectivity index (χ1v) is 12.8. The van der Waals surface area contributed by atoms with Crippen molar-refractivity contribution in [2.45, 2.75) is 19.3 Å². The lowest BCUT2D eigenvalue weighted by atomic mass is 9.85. The molecule has 0 spiro atoms. The van der Waals surface area contributed by atoms with Gasteiger partial charge in [0.1, 0.15) is 11.5 Å². The van der Waals surface area contributed by atoms with E-state index in [0.717, 1.165) is 35.9 Å². The van der Waals surface area contributed by atoms with Crippen LogP contribution in [0.15, 0.2) is 53.7 Å². The summed E-state index contributed by atoms with van der Waals surface area (Å²) < 4.78 is 16.0. The molecule has 6 aromatic rings. The number of fused-ring (bicyclic) bond motifs is 2. The van der Waals surface area contributed by atoms with E-state index in [1.165, 1.54) is 6.20 Å². The first kappa shape index (κ1) is 21.7. The van der Waals surface area contributed by atoms with Crippen LogP contribution in [0.25, 0.3) is 56.0 Å². The maximum absolute atomic E-state index is 16.0. The van der Waals surface area contributed by atoms with E-state index in [1.807, 2.05) is 22.9 Å². The molecule has 182 valence electrons. The molecular weight excluding hydrogens is 491 g/mol. The molecule has 11 heteroatoms. The predicted octanol–water partition coefficient (Wildman–Crippen LogP) is 5.56. The van der Waals surface area contributed by atoms with Crippen LogP contribution in [-0.4, -0.2) is 41.0 Å². The Morgan fingerprint density at radius 2 is 2.00 bits per heavy atom. The molecule has 3 N–H and O–H groups in total. The van der Waals surface area contributed by atoms with Crippen molar-refractivity contribution in [2.24, 2.45) is 5.92 Å². The molecule has 9 nitrogen and oxygen atoms in total. The van der Waals surface area contributed by atoms with Gasteiger partial charge in [0.2, 0.25) is 5.91 Å². The smallest absolute Gasteiger partial charge is 0.227 e. The number of pyridine rings is 3. The van der Waals surface area contributed by atoms with E-state index in [1.54, 1.807) is 36.0 Å². The van der Waals surface area contributed by atoms with E-state index in [4.69, 9.17) is 0 Å². The van der Waals surface area contributed by atoms with Gasteiger partial charge < -0.3 is 10.3 Å². The molecule has 0 unspecified atom stereocenters. The molecule has 0 aromatic carbocycles. The van der Waals surface area contributed by atoms with Crippen LogP contribution >= 0.6 is 11.3 Å². The number of H-pyrrole nitrogens is 2. The molecule has 37 heavy (non-hydrogen) atoms. The van der Waals surface area contributed by atoms with Crippen molar-refractivity contribution < 1.29 is 9.18 Å². The van der Waals surface area contributed by atoms with Crippen LogP contribution in [0.4, 0.5) is 10.1 Å². The fourth-order valence-corrected chi connectivity index (χ4v) is 5.24. The number of anilines is 1. The summed E-state index contributed by atoms with van der Waals surface area (Å²) in [6.07, 6.45) is 9.08. The quantitative estimate of drug-likeness (QED) is 0.279. The minimum absolute atomic E-state index is 0.0308. The SMILES string of the molecule is O=C(Nc1cncc(-c2cnc3n[nH]c(-c4nc5nccc(-c6ccsc6)c5[nH]4)c3c2F)c1)C1CCC1. The molecule has 0 radical (unpaired) electrons. The van der Waals surface area contributed by atoms with Crippen LogP contribution in [-0.2, 0) is 4.79 Å². The number of halogens is 1. The Bertz CT molecular complexity index is 1790. The number of carbonyl (C=O) groups excluding carboxylic acids is 1. The predicted molar refractivity (Wildman–Crippen MR) is 139 cm³/mol. The van der Waals surface area contributed by atoms with Gasteiger partial charge in [0.05, 0.1) is 22.8 Å². The summed E-state index contributed by atoms with van der Waals surface area (Å²) in [5.41, 5.74) is 5.14. The van der Waals surface area contributed by atoms with Crippen molar-refractivity contribution in [3.8, 4) is 33.8 Å². The lowest BCUT2D eigenvalue weighted by Gasteiger charge is -2.24. The van der Waals surface area contributed by atoms with Crippen molar-refractivity contribution >= 4 is 45.1 Å². The second-order valence-corrected chi connectivity index (χ2v) is 9.80. The summed E-state index contributed by atoms with van der Waals surface area (Å²) in [4.78, 5) is 33.2. The van der Waals surface area contributed by atoms with Crippen LogP contribution < -0.4 is 5.32 Å². The molecule has 1 saturated carbocycles. The van der Waals surface area contributed by atoms with Gasteiger partial charge >= 0.3 is 0 Å². The fourth-order valence-electron chi connectivity index (χ4n) is 4.58. The van der Waals surface area contributed by atoms with Crippen LogP contribution in [0.2, 0.25) is 0 Å². The lowest BCUT2D eigenvalue weighted by Crippen LogP contribution is -2.28. The molecule has 0 atom stereocenters. The normalized spacial score (nSPS) is 13.8. The summed E-state index contributed by atoms with van der Waals surface area (Å²) in [6.45, 7) is 0. The first-order chi connectivity index (χ1) is 18.2. The molecule has 1 aliphatic carbocycles. The fraction of sp³-hybridized carbons (Fsp3) is 0.154. The number of carbonyl (C=O) groups is 1. The molecular formula is C26H19FN8OS. The van der Waals surface area contributed by atoms with Gasteiger partial charge in [0.25, 0.3) is 0 Å². The Kier molecular flexibility index (Phi) is 5.03. The Balaban J connectivity index is 1.30. The molecule has 1 aliphatic rings. The van der Waals surface area contributed by atoms with Crippen LogP contribution in [0.5, 0.6) is 0 Å². The maximum atomic E-state index is 16.0. The van der Waals surface area contributed by atoms with Gasteiger partial charge in [-0.3, -0.25) is 14.9 Å². The van der Waals surface area contributed by atoms with E-state index in [2.05, 4.69) is 40.4 Å². The number of aromatic amines is 2. The highest BCUT2D eigenvalue weighted by Crippen LogP contribution is 2.35. The van der Waals surface area contributed by atoms with Crippen molar-refractivity contribution in [3.63, 3.8) is 0 Å². The van der Waals surface area contributed by atoms with E-state index < -0.39 is 5.82 Å². The van der Waals surface area contributed by atoms with E-state index >= 15 is 4.39 Å². The zero-order valence-electron chi connectivity index (χ0n) is 19.3. The molecule has 6 heterocycles. The number of hydrogen-bond acceptors (Lipinski definition) is 7. The van der Waals surface area contributed by atoms with Crippen LogP contribution in [0.1, 0.15) is 19.3 Å². The first-order valence-electron chi connectivity index (χ1n) is 11.8. The van der Waals surface area contributed by atoms with Crippen molar-refractivity contribution in [2.75, 3.05) is 5.32 Å². The number of hydrogen-bond donors (Lipinski definition) is 3. The standard InChI is InChI=1S/C26H19FN8OS/c27-20-18(15-8-16(10-28-9-15)31-26(36)13-2-1-3-13)11-30-23-19(20)22(34-35-23)25-32-21-17(14-5-7-37-12-14)4-6-29-24(21)33-25/h4-13H,1-3H2,(H,31,36)(H,29,32,33)(H,30,34,35). The highest BCUT2D eigenvalue weighted by Gasteiger charge is 2.26. The second kappa shape index (κ2) is 8.56. The van der Waals surface area contributed by atoms with Crippen LogP contribution in [0, 0.1) is 11.7 Å². The Labute approximate surface area is 213 Å². The van der Waals surface area contributed by atoms with Gasteiger partial charge in [0, 0.05) is 41.2 Å². The van der Waals surface area contributed by atoms with Crippen LogP contribution in [0.3, 0.4) is 0 Å². The molecule has 1 amide bonds. The van der Waals surface area contributed by atoms with E-state index in [9.17, 15) is 4.79 Å². The average Bonchev–Trinajstić information content (AvgIpc) is 3.62. The lowest BCUT2D eigenvalue weighted by molar-refractivity contribution is -0.122.